The van der Waals surface area contributed by atoms with Gasteiger partial charge in [0.25, 0.3) is 5.91 Å². The first-order chi connectivity index (χ1) is 17.0. The van der Waals surface area contributed by atoms with Crippen molar-refractivity contribution in [2.45, 2.75) is 38.6 Å². The molecule has 5 rings (SSSR count). The fourth-order valence-electron chi connectivity index (χ4n) is 4.66. The molecule has 3 heterocycles. The number of aromatic nitrogens is 2. The molecule has 2 aliphatic rings. The lowest BCUT2D eigenvalue weighted by Crippen LogP contribution is -2.43. The Kier molecular flexibility index (Phi) is 6.83. The quantitative estimate of drug-likeness (QED) is 0.576. The molecule has 0 aliphatic carbocycles. The lowest BCUT2D eigenvalue weighted by Gasteiger charge is -2.31. The summed E-state index contributed by atoms with van der Waals surface area (Å²) in [6.45, 7) is 2.13. The highest BCUT2D eigenvalue weighted by Crippen LogP contribution is 2.29. The highest BCUT2D eigenvalue weighted by molar-refractivity contribution is 6.31. The number of amides is 2. The van der Waals surface area contributed by atoms with Gasteiger partial charge in [-0.15, -0.1) is 0 Å². The van der Waals surface area contributed by atoms with Crippen LogP contribution in [0, 0.1) is 11.7 Å². The zero-order valence-electron chi connectivity index (χ0n) is 19.1. The van der Waals surface area contributed by atoms with Crippen LogP contribution in [-0.4, -0.2) is 39.4 Å². The number of rotatable bonds is 5. The van der Waals surface area contributed by atoms with Crippen LogP contribution < -0.4 is 5.32 Å². The van der Waals surface area contributed by atoms with Crippen molar-refractivity contribution in [3.63, 3.8) is 0 Å². The molecule has 0 spiro atoms. The van der Waals surface area contributed by atoms with E-state index in [4.69, 9.17) is 16.3 Å². The third-order valence-electron chi connectivity index (χ3n) is 6.73. The van der Waals surface area contributed by atoms with Crippen LogP contribution >= 0.6 is 11.6 Å². The number of likely N-dealkylation sites (tertiary alicyclic amines) is 1. The van der Waals surface area contributed by atoms with Gasteiger partial charge >= 0.3 is 0 Å². The predicted octanol–water partition coefficient (Wildman–Crippen LogP) is 4.12. The fourth-order valence-corrected chi connectivity index (χ4v) is 4.90. The van der Waals surface area contributed by atoms with E-state index in [9.17, 15) is 14.0 Å². The highest BCUT2D eigenvalue weighted by atomic mass is 35.5. The number of nitrogens with one attached hydrogen (secondary N) is 1. The van der Waals surface area contributed by atoms with E-state index in [1.54, 1.807) is 17.3 Å². The van der Waals surface area contributed by atoms with Crippen LogP contribution in [0.15, 0.2) is 54.9 Å². The van der Waals surface area contributed by atoms with Crippen LogP contribution in [0.5, 0.6) is 0 Å². The minimum atomic E-state index is -0.413. The molecule has 1 N–H and O–H groups in total. The molecular formula is C26H26ClFN4O3. The zero-order valence-corrected chi connectivity index (χ0v) is 19.9. The van der Waals surface area contributed by atoms with Gasteiger partial charge in [0.1, 0.15) is 11.9 Å². The monoisotopic (exact) mass is 496 g/mol. The molecule has 35 heavy (non-hydrogen) atoms. The maximum absolute atomic E-state index is 13.2. The number of hydrogen-bond donors (Lipinski definition) is 1. The summed E-state index contributed by atoms with van der Waals surface area (Å²) in [7, 11) is 0. The molecule has 1 aromatic heterocycles. The average Bonchev–Trinajstić information content (AvgIpc) is 3.31. The minimum Gasteiger partial charge on any atom is -0.365 e. The van der Waals surface area contributed by atoms with E-state index in [1.807, 2.05) is 34.9 Å². The second-order valence-corrected chi connectivity index (χ2v) is 9.33. The molecule has 0 bridgehead atoms. The van der Waals surface area contributed by atoms with E-state index in [-0.39, 0.29) is 35.4 Å². The second-order valence-electron chi connectivity index (χ2n) is 8.92. The molecule has 7 nitrogen and oxygen atoms in total. The van der Waals surface area contributed by atoms with E-state index in [0.29, 0.717) is 50.3 Å². The van der Waals surface area contributed by atoms with Crippen molar-refractivity contribution in [3.05, 3.63) is 88.2 Å². The van der Waals surface area contributed by atoms with Crippen molar-refractivity contribution in [1.29, 1.82) is 0 Å². The van der Waals surface area contributed by atoms with Crippen LogP contribution in [-0.2, 0) is 29.2 Å². The molecule has 0 radical (unpaired) electrons. The number of benzene rings is 2. The smallest absolute Gasteiger partial charge is 0.274 e. The molecule has 182 valence electrons. The van der Waals surface area contributed by atoms with Gasteiger partial charge in [-0.25, -0.2) is 9.37 Å². The van der Waals surface area contributed by atoms with Gasteiger partial charge in [0.05, 0.1) is 25.2 Å². The molecule has 0 saturated carbocycles. The molecule has 1 fully saturated rings. The predicted molar refractivity (Wildman–Crippen MR) is 128 cm³/mol. The fraction of sp³-hybridized carbons (Fsp3) is 0.346. The molecular weight excluding hydrogens is 471 g/mol. The summed E-state index contributed by atoms with van der Waals surface area (Å²) in [5, 5.41) is 3.16. The molecule has 2 amide bonds. The van der Waals surface area contributed by atoms with Crippen molar-refractivity contribution < 1.29 is 18.7 Å². The highest BCUT2D eigenvalue weighted by Gasteiger charge is 2.32. The van der Waals surface area contributed by atoms with Crippen molar-refractivity contribution in [1.82, 2.24) is 19.8 Å². The average molecular weight is 497 g/mol. The summed E-state index contributed by atoms with van der Waals surface area (Å²) in [6.07, 6.45) is 2.77. The van der Waals surface area contributed by atoms with Gasteiger partial charge < -0.3 is 19.5 Å². The van der Waals surface area contributed by atoms with Gasteiger partial charge in [-0.2, -0.15) is 0 Å². The third-order valence-corrected chi connectivity index (χ3v) is 7.08. The Hall–Kier alpha value is -3.23. The number of fused-ring (bicyclic) bond motifs is 1. The molecule has 2 aliphatic heterocycles. The number of halogens is 2. The van der Waals surface area contributed by atoms with Crippen molar-refractivity contribution in [2.75, 3.05) is 13.1 Å². The number of imidazole rings is 1. The Morgan fingerprint density at radius 1 is 1.14 bits per heavy atom. The van der Waals surface area contributed by atoms with Crippen LogP contribution in [0.1, 0.15) is 46.3 Å². The number of carbonyl (C=O) groups is 2. The maximum atomic E-state index is 13.2. The van der Waals surface area contributed by atoms with Gasteiger partial charge in [0.15, 0.2) is 5.69 Å². The van der Waals surface area contributed by atoms with Crippen LogP contribution in [0.3, 0.4) is 0 Å². The number of carbonyl (C=O) groups excluding carboxylic acids is 2. The van der Waals surface area contributed by atoms with Crippen LogP contribution in [0.2, 0.25) is 5.02 Å². The molecule has 0 unspecified atom stereocenters. The summed E-state index contributed by atoms with van der Waals surface area (Å²) < 4.78 is 21.2. The van der Waals surface area contributed by atoms with E-state index < -0.39 is 5.82 Å². The van der Waals surface area contributed by atoms with Gasteiger partial charge in [0, 0.05) is 30.6 Å². The zero-order chi connectivity index (χ0) is 24.4. The SMILES string of the molecule is O=C(NCc1ccc(F)cc1Cl)C1CCN(C(=O)c2ncn3c2CO[C@@H](c2ccccc2)C3)CC1. The first-order valence-electron chi connectivity index (χ1n) is 11.7. The maximum Gasteiger partial charge on any atom is 0.274 e. The van der Waals surface area contributed by atoms with E-state index in [2.05, 4.69) is 10.3 Å². The molecule has 2 aromatic carbocycles. The first kappa shape index (κ1) is 23.5. The van der Waals surface area contributed by atoms with Crippen molar-refractivity contribution in [2.24, 2.45) is 5.92 Å². The molecule has 1 atom stereocenters. The van der Waals surface area contributed by atoms with Gasteiger partial charge in [-0.3, -0.25) is 9.59 Å². The third kappa shape index (κ3) is 5.09. The van der Waals surface area contributed by atoms with Crippen LogP contribution in [0.4, 0.5) is 4.39 Å². The van der Waals surface area contributed by atoms with E-state index in [0.717, 1.165) is 11.3 Å². The second kappa shape index (κ2) is 10.2. The summed E-state index contributed by atoms with van der Waals surface area (Å²) in [6, 6.07) is 14.1. The Balaban J connectivity index is 1.15. The molecule has 9 heteroatoms. The summed E-state index contributed by atoms with van der Waals surface area (Å²) in [4.78, 5) is 32.0. The molecule has 3 aromatic rings. The normalized spacial score (nSPS) is 18.2. The first-order valence-corrected chi connectivity index (χ1v) is 12.1. The van der Waals surface area contributed by atoms with Crippen molar-refractivity contribution in [3.8, 4) is 0 Å². The van der Waals surface area contributed by atoms with Gasteiger partial charge in [-0.05, 0) is 36.1 Å². The number of ether oxygens (including phenoxy) is 1. The topological polar surface area (TPSA) is 76.5 Å². The Labute approximate surface area is 207 Å². The number of hydrogen-bond acceptors (Lipinski definition) is 4. The summed E-state index contributed by atoms with van der Waals surface area (Å²) in [5.74, 6) is -0.817. The lowest BCUT2D eigenvalue weighted by atomic mass is 9.95. The molecule has 1 saturated heterocycles. The number of piperidine rings is 1. The lowest BCUT2D eigenvalue weighted by molar-refractivity contribution is -0.126. The van der Waals surface area contributed by atoms with Crippen molar-refractivity contribution >= 4 is 23.4 Å². The Bertz CT molecular complexity index is 1220. The minimum absolute atomic E-state index is 0.0695. The van der Waals surface area contributed by atoms with Gasteiger partial charge in [0.2, 0.25) is 5.91 Å². The summed E-state index contributed by atoms with van der Waals surface area (Å²) >= 11 is 6.04. The van der Waals surface area contributed by atoms with E-state index in [1.165, 1.54) is 12.1 Å². The Morgan fingerprint density at radius 3 is 2.66 bits per heavy atom. The van der Waals surface area contributed by atoms with Crippen LogP contribution in [0.25, 0.3) is 0 Å². The van der Waals surface area contributed by atoms with E-state index >= 15 is 0 Å². The van der Waals surface area contributed by atoms with Gasteiger partial charge in [-0.1, -0.05) is 48.0 Å². The standard InChI is InChI=1S/C26H26ClFN4O3/c27-21-12-20(28)7-6-19(21)13-29-25(33)18-8-10-31(11-9-18)26(34)24-22-15-35-23(14-32(22)16-30-24)17-4-2-1-3-5-17/h1-7,12,16,18,23H,8-11,13-15H2,(H,29,33)/t23-/m1/s1. The number of nitrogens with zero attached hydrogens (tertiary/aromatic N) is 3. The largest absolute Gasteiger partial charge is 0.365 e. The Morgan fingerprint density at radius 2 is 1.91 bits per heavy atom. The summed E-state index contributed by atoms with van der Waals surface area (Å²) in [5.41, 5.74) is 2.97.